The standard InChI is InChI=1S/C13H18O2S/c1-10(4-3-5-13(14)15)11-6-8-12(16-2)9-7-11/h6-10H,3-5H2,1-2H3,(H,14,15). The average Bonchev–Trinajstić information content (AvgIpc) is 2.28. The predicted molar refractivity (Wildman–Crippen MR) is 68.1 cm³/mol. The highest BCUT2D eigenvalue weighted by Crippen LogP contribution is 2.23. The van der Waals surface area contributed by atoms with Crippen LogP contribution in [0.5, 0.6) is 0 Å². The molecule has 0 radical (unpaired) electrons. The number of hydrogen-bond acceptors (Lipinski definition) is 2. The third kappa shape index (κ3) is 4.27. The number of thioether (sulfide) groups is 1. The second kappa shape index (κ2) is 6.59. The number of aliphatic carboxylic acids is 1. The van der Waals surface area contributed by atoms with Gasteiger partial charge in [0.25, 0.3) is 0 Å². The van der Waals surface area contributed by atoms with E-state index in [9.17, 15) is 4.79 Å². The van der Waals surface area contributed by atoms with Crippen molar-refractivity contribution in [1.82, 2.24) is 0 Å². The molecule has 2 nitrogen and oxygen atoms in total. The van der Waals surface area contributed by atoms with Crippen LogP contribution in [0.15, 0.2) is 29.2 Å². The molecule has 0 aliphatic rings. The van der Waals surface area contributed by atoms with Gasteiger partial charge >= 0.3 is 5.97 Å². The summed E-state index contributed by atoms with van der Waals surface area (Å²) in [7, 11) is 0. The Morgan fingerprint density at radius 2 is 2.00 bits per heavy atom. The molecule has 3 heteroatoms. The van der Waals surface area contributed by atoms with Gasteiger partial charge in [-0.1, -0.05) is 19.1 Å². The summed E-state index contributed by atoms with van der Waals surface area (Å²) >= 11 is 1.73. The Morgan fingerprint density at radius 3 is 2.50 bits per heavy atom. The zero-order chi connectivity index (χ0) is 12.0. The van der Waals surface area contributed by atoms with E-state index in [0.717, 1.165) is 12.8 Å². The van der Waals surface area contributed by atoms with Gasteiger partial charge < -0.3 is 5.11 Å². The van der Waals surface area contributed by atoms with Crippen molar-refractivity contribution < 1.29 is 9.90 Å². The van der Waals surface area contributed by atoms with E-state index in [0.29, 0.717) is 5.92 Å². The number of carboxylic acids is 1. The molecule has 0 fully saturated rings. The van der Waals surface area contributed by atoms with E-state index in [4.69, 9.17) is 5.11 Å². The van der Waals surface area contributed by atoms with Crippen molar-refractivity contribution in [1.29, 1.82) is 0 Å². The summed E-state index contributed by atoms with van der Waals surface area (Å²) in [6.45, 7) is 2.15. The SMILES string of the molecule is CSc1ccc(C(C)CCCC(=O)O)cc1. The monoisotopic (exact) mass is 238 g/mol. The number of rotatable bonds is 6. The van der Waals surface area contributed by atoms with Gasteiger partial charge in [0.15, 0.2) is 0 Å². The molecule has 0 heterocycles. The van der Waals surface area contributed by atoms with E-state index in [-0.39, 0.29) is 6.42 Å². The Labute approximate surface area is 101 Å². The van der Waals surface area contributed by atoms with Gasteiger partial charge in [0.2, 0.25) is 0 Å². The molecule has 1 unspecified atom stereocenters. The molecular weight excluding hydrogens is 220 g/mol. The number of carboxylic acid groups (broad SMARTS) is 1. The quantitative estimate of drug-likeness (QED) is 0.767. The van der Waals surface area contributed by atoms with Crippen molar-refractivity contribution in [2.24, 2.45) is 0 Å². The van der Waals surface area contributed by atoms with Gasteiger partial charge in [0.05, 0.1) is 0 Å². The molecule has 0 aliphatic carbocycles. The minimum Gasteiger partial charge on any atom is -0.481 e. The van der Waals surface area contributed by atoms with Crippen LogP contribution >= 0.6 is 11.8 Å². The van der Waals surface area contributed by atoms with E-state index in [1.54, 1.807) is 11.8 Å². The van der Waals surface area contributed by atoms with Crippen LogP contribution in [-0.2, 0) is 4.79 Å². The molecule has 1 atom stereocenters. The molecule has 1 rings (SSSR count). The first-order chi connectivity index (χ1) is 7.63. The highest BCUT2D eigenvalue weighted by atomic mass is 32.2. The van der Waals surface area contributed by atoms with Gasteiger partial charge in [-0.15, -0.1) is 11.8 Å². The summed E-state index contributed by atoms with van der Waals surface area (Å²) in [5.41, 5.74) is 1.29. The van der Waals surface area contributed by atoms with Crippen LogP contribution in [-0.4, -0.2) is 17.3 Å². The first-order valence-corrected chi connectivity index (χ1v) is 6.71. The zero-order valence-corrected chi connectivity index (χ0v) is 10.6. The third-order valence-corrected chi connectivity index (χ3v) is 3.46. The molecule has 0 aliphatic heterocycles. The molecule has 0 saturated carbocycles. The average molecular weight is 238 g/mol. The fourth-order valence-electron chi connectivity index (χ4n) is 1.66. The zero-order valence-electron chi connectivity index (χ0n) is 9.77. The van der Waals surface area contributed by atoms with Gasteiger partial charge in [-0.2, -0.15) is 0 Å². The summed E-state index contributed by atoms with van der Waals surface area (Å²) < 4.78 is 0. The van der Waals surface area contributed by atoms with Crippen molar-refractivity contribution >= 4 is 17.7 Å². The van der Waals surface area contributed by atoms with Gasteiger partial charge in [0, 0.05) is 11.3 Å². The molecule has 0 saturated heterocycles. The molecule has 16 heavy (non-hydrogen) atoms. The second-order valence-corrected chi connectivity index (χ2v) is 4.84. The lowest BCUT2D eigenvalue weighted by Crippen LogP contribution is -1.98. The fourth-order valence-corrected chi connectivity index (χ4v) is 2.07. The first kappa shape index (κ1) is 13.1. The van der Waals surface area contributed by atoms with Crippen molar-refractivity contribution in [3.05, 3.63) is 29.8 Å². The van der Waals surface area contributed by atoms with Crippen LogP contribution in [0.1, 0.15) is 37.7 Å². The van der Waals surface area contributed by atoms with Crippen molar-refractivity contribution in [3.8, 4) is 0 Å². The molecule has 0 spiro atoms. The highest BCUT2D eigenvalue weighted by molar-refractivity contribution is 7.98. The van der Waals surface area contributed by atoms with E-state index in [1.807, 2.05) is 0 Å². The van der Waals surface area contributed by atoms with Crippen molar-refractivity contribution in [2.45, 2.75) is 37.0 Å². The topological polar surface area (TPSA) is 37.3 Å². The Morgan fingerprint density at radius 1 is 1.38 bits per heavy atom. The maximum atomic E-state index is 10.4. The number of benzene rings is 1. The van der Waals surface area contributed by atoms with Crippen LogP contribution in [0.3, 0.4) is 0 Å². The maximum Gasteiger partial charge on any atom is 0.303 e. The van der Waals surface area contributed by atoms with Crippen LogP contribution < -0.4 is 0 Å². The predicted octanol–water partition coefficient (Wildman–Crippen LogP) is 3.77. The summed E-state index contributed by atoms with van der Waals surface area (Å²) in [6.07, 6.45) is 4.02. The molecule has 0 aromatic heterocycles. The molecular formula is C13H18O2S. The lowest BCUT2D eigenvalue weighted by Gasteiger charge is -2.11. The second-order valence-electron chi connectivity index (χ2n) is 3.96. The number of hydrogen-bond donors (Lipinski definition) is 1. The normalized spacial score (nSPS) is 12.4. The fraction of sp³-hybridized carbons (Fsp3) is 0.462. The highest BCUT2D eigenvalue weighted by Gasteiger charge is 2.06. The van der Waals surface area contributed by atoms with Crippen LogP contribution in [0.25, 0.3) is 0 Å². The summed E-state index contributed by atoms with van der Waals surface area (Å²) in [5, 5.41) is 8.56. The molecule has 1 aromatic carbocycles. The molecule has 0 amide bonds. The van der Waals surface area contributed by atoms with Gasteiger partial charge in [-0.05, 0) is 42.7 Å². The molecule has 1 aromatic rings. The lowest BCUT2D eigenvalue weighted by molar-refractivity contribution is -0.137. The molecule has 0 bridgehead atoms. The molecule has 88 valence electrons. The summed E-state index contributed by atoms with van der Waals surface area (Å²) in [5.74, 6) is -0.264. The Bertz CT molecular complexity index is 332. The molecule has 1 N–H and O–H groups in total. The van der Waals surface area contributed by atoms with Crippen LogP contribution in [0.4, 0.5) is 0 Å². The van der Waals surface area contributed by atoms with Gasteiger partial charge in [0.1, 0.15) is 0 Å². The van der Waals surface area contributed by atoms with E-state index in [2.05, 4.69) is 37.4 Å². The van der Waals surface area contributed by atoms with Crippen LogP contribution in [0.2, 0.25) is 0 Å². The largest absolute Gasteiger partial charge is 0.481 e. The minimum atomic E-state index is -0.704. The van der Waals surface area contributed by atoms with E-state index >= 15 is 0 Å². The smallest absolute Gasteiger partial charge is 0.303 e. The minimum absolute atomic E-state index is 0.271. The summed E-state index contributed by atoms with van der Waals surface area (Å²) in [6, 6.07) is 8.51. The Kier molecular flexibility index (Phi) is 5.39. The van der Waals surface area contributed by atoms with E-state index in [1.165, 1.54) is 10.5 Å². The van der Waals surface area contributed by atoms with Crippen LogP contribution in [0, 0.1) is 0 Å². The lowest BCUT2D eigenvalue weighted by atomic mass is 9.95. The number of carbonyl (C=O) groups is 1. The van der Waals surface area contributed by atoms with Crippen molar-refractivity contribution in [2.75, 3.05) is 6.26 Å². The third-order valence-electron chi connectivity index (χ3n) is 2.71. The van der Waals surface area contributed by atoms with Crippen molar-refractivity contribution in [3.63, 3.8) is 0 Å². The van der Waals surface area contributed by atoms with Gasteiger partial charge in [-0.3, -0.25) is 4.79 Å². The Balaban J connectivity index is 2.45. The van der Waals surface area contributed by atoms with Gasteiger partial charge in [-0.25, -0.2) is 0 Å². The summed E-state index contributed by atoms with van der Waals surface area (Å²) in [4.78, 5) is 11.7. The maximum absolute atomic E-state index is 10.4. The van der Waals surface area contributed by atoms with E-state index < -0.39 is 5.97 Å². The Hall–Kier alpha value is -0.960. The first-order valence-electron chi connectivity index (χ1n) is 5.49.